The summed E-state index contributed by atoms with van der Waals surface area (Å²) < 4.78 is 0. The maximum atomic E-state index is 6.20. The predicted molar refractivity (Wildman–Crippen MR) is 110 cm³/mol. The van der Waals surface area contributed by atoms with Gasteiger partial charge in [0.1, 0.15) is 11.6 Å². The highest BCUT2D eigenvalue weighted by Gasteiger charge is 2.23. The van der Waals surface area contributed by atoms with Gasteiger partial charge in [-0.25, -0.2) is 9.97 Å². The van der Waals surface area contributed by atoms with Crippen molar-refractivity contribution in [1.82, 2.24) is 14.9 Å². The number of hydrogen-bond donors (Lipinski definition) is 1. The lowest BCUT2D eigenvalue weighted by Gasteiger charge is -2.34. The van der Waals surface area contributed by atoms with Gasteiger partial charge in [-0.2, -0.15) is 0 Å². The lowest BCUT2D eigenvalue weighted by molar-refractivity contribution is 0.145. The highest BCUT2D eigenvalue weighted by molar-refractivity contribution is 5.73. The van der Waals surface area contributed by atoms with Crippen molar-refractivity contribution in [2.75, 3.05) is 18.8 Å². The number of piperidine rings is 1. The van der Waals surface area contributed by atoms with Gasteiger partial charge in [-0.15, -0.1) is 0 Å². The van der Waals surface area contributed by atoms with Crippen LogP contribution in [0.25, 0.3) is 5.57 Å². The van der Waals surface area contributed by atoms with E-state index in [1.807, 2.05) is 0 Å². The van der Waals surface area contributed by atoms with Crippen molar-refractivity contribution in [1.29, 1.82) is 0 Å². The van der Waals surface area contributed by atoms with E-state index >= 15 is 0 Å². The number of nitrogens with two attached hydrogens (primary N) is 1. The van der Waals surface area contributed by atoms with Crippen LogP contribution in [0, 0.1) is 5.92 Å². The molecule has 3 rings (SSSR count). The number of rotatable bonds is 8. The number of nitrogens with zero attached hydrogens (tertiary/aromatic N) is 3. The zero-order valence-corrected chi connectivity index (χ0v) is 16.9. The second kappa shape index (κ2) is 8.98. The SMILES string of the molecule is CCCCc1nc(N)c2c(n1)C(CCCC1CCN(C(C)C)CC1)=CC2. The van der Waals surface area contributed by atoms with Gasteiger partial charge in [-0.3, -0.25) is 0 Å². The molecule has 4 heteroatoms. The van der Waals surface area contributed by atoms with E-state index in [1.165, 1.54) is 50.8 Å². The molecule has 0 amide bonds. The molecule has 144 valence electrons. The number of likely N-dealkylation sites (tertiary alicyclic amines) is 1. The summed E-state index contributed by atoms with van der Waals surface area (Å²) in [5.41, 5.74) is 9.92. The highest BCUT2D eigenvalue weighted by atomic mass is 15.1. The Morgan fingerprint density at radius 2 is 1.92 bits per heavy atom. The monoisotopic (exact) mass is 356 g/mol. The lowest BCUT2D eigenvalue weighted by atomic mass is 9.90. The van der Waals surface area contributed by atoms with Crippen LogP contribution >= 0.6 is 0 Å². The molecule has 2 heterocycles. The Morgan fingerprint density at radius 3 is 2.62 bits per heavy atom. The van der Waals surface area contributed by atoms with Crippen LogP contribution < -0.4 is 5.73 Å². The first kappa shape index (κ1) is 19.3. The Morgan fingerprint density at radius 1 is 1.15 bits per heavy atom. The molecule has 1 aromatic heterocycles. The third kappa shape index (κ3) is 4.64. The summed E-state index contributed by atoms with van der Waals surface area (Å²) in [6, 6.07) is 0.697. The molecule has 0 bridgehead atoms. The first-order valence-corrected chi connectivity index (χ1v) is 10.7. The topological polar surface area (TPSA) is 55.0 Å². The summed E-state index contributed by atoms with van der Waals surface area (Å²) >= 11 is 0. The number of aromatic nitrogens is 2. The third-order valence-electron chi connectivity index (χ3n) is 6.13. The molecular weight excluding hydrogens is 320 g/mol. The molecule has 0 spiro atoms. The van der Waals surface area contributed by atoms with E-state index in [4.69, 9.17) is 10.7 Å². The fourth-order valence-electron chi connectivity index (χ4n) is 4.34. The predicted octanol–water partition coefficient (Wildman–Crippen LogP) is 4.63. The average molecular weight is 357 g/mol. The van der Waals surface area contributed by atoms with Crippen molar-refractivity contribution in [3.05, 3.63) is 23.2 Å². The Hall–Kier alpha value is -1.42. The van der Waals surface area contributed by atoms with Gasteiger partial charge in [0.15, 0.2) is 0 Å². The van der Waals surface area contributed by atoms with Gasteiger partial charge < -0.3 is 10.6 Å². The van der Waals surface area contributed by atoms with Crippen molar-refractivity contribution in [3.63, 3.8) is 0 Å². The van der Waals surface area contributed by atoms with E-state index in [0.717, 1.165) is 48.7 Å². The van der Waals surface area contributed by atoms with Crippen molar-refractivity contribution in [2.45, 2.75) is 84.6 Å². The normalized spacial score (nSPS) is 18.4. The summed E-state index contributed by atoms with van der Waals surface area (Å²) in [5, 5.41) is 0. The number of anilines is 1. The Bertz CT molecular complexity index is 627. The second-order valence-electron chi connectivity index (χ2n) is 8.35. The molecule has 0 unspecified atom stereocenters. The van der Waals surface area contributed by atoms with Gasteiger partial charge >= 0.3 is 0 Å². The Kier molecular flexibility index (Phi) is 6.68. The average Bonchev–Trinajstić information content (AvgIpc) is 3.04. The van der Waals surface area contributed by atoms with E-state index in [2.05, 4.69) is 36.7 Å². The molecule has 1 fully saturated rings. The molecule has 1 saturated heterocycles. The second-order valence-corrected chi connectivity index (χ2v) is 8.35. The number of hydrogen-bond acceptors (Lipinski definition) is 4. The van der Waals surface area contributed by atoms with Crippen LogP contribution in [-0.2, 0) is 12.8 Å². The van der Waals surface area contributed by atoms with E-state index in [-0.39, 0.29) is 0 Å². The molecule has 2 N–H and O–H groups in total. The van der Waals surface area contributed by atoms with Gasteiger partial charge in [0.2, 0.25) is 0 Å². The number of aryl methyl sites for hydroxylation is 1. The Balaban J connectivity index is 1.51. The first-order valence-electron chi connectivity index (χ1n) is 10.7. The van der Waals surface area contributed by atoms with Crippen LogP contribution in [0.4, 0.5) is 5.82 Å². The molecule has 0 radical (unpaired) electrons. The minimum atomic E-state index is 0.697. The number of unbranched alkanes of at least 4 members (excludes halogenated alkanes) is 1. The van der Waals surface area contributed by atoms with Gasteiger partial charge in [0.05, 0.1) is 5.69 Å². The van der Waals surface area contributed by atoms with Gasteiger partial charge in [0, 0.05) is 18.0 Å². The van der Waals surface area contributed by atoms with Crippen LogP contribution in [0.15, 0.2) is 6.08 Å². The van der Waals surface area contributed by atoms with Crippen molar-refractivity contribution >= 4 is 11.4 Å². The van der Waals surface area contributed by atoms with Gasteiger partial charge in [-0.05, 0) is 77.0 Å². The van der Waals surface area contributed by atoms with Crippen LogP contribution in [0.5, 0.6) is 0 Å². The summed E-state index contributed by atoms with van der Waals surface area (Å²) in [6.07, 6.45) is 13.0. The maximum Gasteiger partial charge on any atom is 0.131 e. The zero-order valence-electron chi connectivity index (χ0n) is 16.9. The maximum absolute atomic E-state index is 6.20. The van der Waals surface area contributed by atoms with E-state index < -0.39 is 0 Å². The molecule has 1 aliphatic carbocycles. The van der Waals surface area contributed by atoms with Crippen molar-refractivity contribution in [2.24, 2.45) is 5.92 Å². The van der Waals surface area contributed by atoms with Crippen molar-refractivity contribution < 1.29 is 0 Å². The molecule has 0 atom stereocenters. The molecule has 1 aromatic rings. The molecule has 0 saturated carbocycles. The standard InChI is InChI=1S/C22H36N4/c1-4-5-9-20-24-21-18(10-11-19(21)22(23)25-20)8-6-7-17-12-14-26(15-13-17)16(2)3/h10,16-17H,4-9,11-15H2,1-3H3,(H2,23,24,25). The van der Waals surface area contributed by atoms with E-state index in [9.17, 15) is 0 Å². The first-order chi connectivity index (χ1) is 12.6. The minimum Gasteiger partial charge on any atom is -0.383 e. The van der Waals surface area contributed by atoms with Crippen LogP contribution in [0.3, 0.4) is 0 Å². The minimum absolute atomic E-state index is 0.697. The molecule has 26 heavy (non-hydrogen) atoms. The fraction of sp³-hybridized carbons (Fsp3) is 0.727. The summed E-state index contributed by atoms with van der Waals surface area (Å²) in [4.78, 5) is 12.0. The lowest BCUT2D eigenvalue weighted by Crippen LogP contribution is -2.38. The number of allylic oxidation sites excluding steroid dienone is 2. The van der Waals surface area contributed by atoms with Crippen molar-refractivity contribution in [3.8, 4) is 0 Å². The largest absolute Gasteiger partial charge is 0.383 e. The van der Waals surface area contributed by atoms with E-state index in [0.29, 0.717) is 11.9 Å². The molecule has 0 aromatic carbocycles. The number of fused-ring (bicyclic) bond motifs is 1. The summed E-state index contributed by atoms with van der Waals surface area (Å²) in [6.45, 7) is 9.38. The molecular formula is C22H36N4. The summed E-state index contributed by atoms with van der Waals surface area (Å²) in [7, 11) is 0. The summed E-state index contributed by atoms with van der Waals surface area (Å²) in [5.74, 6) is 2.53. The highest BCUT2D eigenvalue weighted by Crippen LogP contribution is 2.33. The third-order valence-corrected chi connectivity index (χ3v) is 6.13. The fourth-order valence-corrected chi connectivity index (χ4v) is 4.34. The van der Waals surface area contributed by atoms with Crippen LogP contribution in [0.1, 0.15) is 82.8 Å². The van der Waals surface area contributed by atoms with Gasteiger partial charge in [-0.1, -0.05) is 25.8 Å². The smallest absolute Gasteiger partial charge is 0.131 e. The van der Waals surface area contributed by atoms with E-state index in [1.54, 1.807) is 0 Å². The van der Waals surface area contributed by atoms with Crippen LogP contribution in [0.2, 0.25) is 0 Å². The molecule has 4 nitrogen and oxygen atoms in total. The van der Waals surface area contributed by atoms with Crippen LogP contribution in [-0.4, -0.2) is 34.0 Å². The number of nitrogen functional groups attached to an aromatic ring is 1. The Labute approximate surface area is 159 Å². The van der Waals surface area contributed by atoms with Gasteiger partial charge in [0.25, 0.3) is 0 Å². The molecule has 1 aliphatic heterocycles. The quantitative estimate of drug-likeness (QED) is 0.738. The zero-order chi connectivity index (χ0) is 18.5. The molecule has 2 aliphatic rings.